The molecule has 2 rings (SSSR count). The van der Waals surface area contributed by atoms with E-state index < -0.39 is 6.04 Å². The summed E-state index contributed by atoms with van der Waals surface area (Å²) in [6, 6.07) is 1.29. The summed E-state index contributed by atoms with van der Waals surface area (Å²) in [6.07, 6.45) is 3.22. The molecule has 0 aliphatic carbocycles. The van der Waals surface area contributed by atoms with Crippen LogP contribution >= 0.6 is 35.6 Å². The van der Waals surface area contributed by atoms with E-state index in [9.17, 15) is 4.79 Å². The van der Waals surface area contributed by atoms with Gasteiger partial charge in [-0.25, -0.2) is 4.98 Å². The number of anilines is 1. The number of carbonyl (C=O) groups excluding carboxylic acids is 1. The number of piperazine rings is 1. The summed E-state index contributed by atoms with van der Waals surface area (Å²) < 4.78 is 0. The predicted molar refractivity (Wildman–Crippen MR) is 93.2 cm³/mol. The molecule has 1 saturated heterocycles. The van der Waals surface area contributed by atoms with Crippen molar-refractivity contribution < 1.29 is 4.79 Å². The minimum absolute atomic E-state index is 0. The Hall–Kier alpha value is -0.750. The number of nitrogens with zero attached hydrogens (tertiary/aromatic N) is 3. The summed E-state index contributed by atoms with van der Waals surface area (Å²) in [6.45, 7) is 4.69. The van der Waals surface area contributed by atoms with Crippen molar-refractivity contribution in [2.45, 2.75) is 25.8 Å². The van der Waals surface area contributed by atoms with E-state index in [1.807, 2.05) is 11.8 Å². The minimum Gasteiger partial charge on any atom is -0.352 e. The van der Waals surface area contributed by atoms with Gasteiger partial charge in [-0.1, -0.05) is 36.5 Å². The molecule has 1 atom stereocenters. The second kappa shape index (κ2) is 8.77. The van der Waals surface area contributed by atoms with Crippen LogP contribution in [0.5, 0.6) is 0 Å². The fourth-order valence-corrected chi connectivity index (χ4v) is 2.95. The zero-order valence-corrected chi connectivity index (χ0v) is 14.8. The van der Waals surface area contributed by atoms with E-state index in [-0.39, 0.29) is 18.3 Å². The Balaban J connectivity index is 0.00000242. The highest BCUT2D eigenvalue weighted by molar-refractivity contribution is 6.36. The van der Waals surface area contributed by atoms with E-state index >= 15 is 0 Å². The van der Waals surface area contributed by atoms with E-state index in [0.29, 0.717) is 42.0 Å². The summed E-state index contributed by atoms with van der Waals surface area (Å²) in [7, 11) is 0. The molecule has 0 bridgehead atoms. The first kappa shape index (κ1) is 19.3. The summed E-state index contributed by atoms with van der Waals surface area (Å²) in [5.74, 6) is 0.748. The molecule has 2 heterocycles. The molecule has 5 nitrogen and oxygen atoms in total. The molecular formula is C14H21Cl3N4O. The normalized spacial score (nSPS) is 16.2. The van der Waals surface area contributed by atoms with Crippen molar-refractivity contribution >= 4 is 47.3 Å². The lowest BCUT2D eigenvalue weighted by molar-refractivity contribution is -0.133. The van der Waals surface area contributed by atoms with Crippen LogP contribution in [0.2, 0.25) is 10.0 Å². The van der Waals surface area contributed by atoms with Gasteiger partial charge in [-0.05, 0) is 12.5 Å². The van der Waals surface area contributed by atoms with Crippen LogP contribution in [0.3, 0.4) is 0 Å². The van der Waals surface area contributed by atoms with Crippen LogP contribution in [-0.4, -0.2) is 48.0 Å². The van der Waals surface area contributed by atoms with Crippen LogP contribution < -0.4 is 10.6 Å². The molecule has 0 saturated carbocycles. The smallest absolute Gasteiger partial charge is 0.239 e. The summed E-state index contributed by atoms with van der Waals surface area (Å²) >= 11 is 12.0. The SMILES string of the molecule is CCCC(N)C(=O)N1CCN(c2ncc(Cl)cc2Cl)CC1.Cl. The highest BCUT2D eigenvalue weighted by Crippen LogP contribution is 2.26. The summed E-state index contributed by atoms with van der Waals surface area (Å²) in [5.41, 5.74) is 5.89. The molecule has 1 unspecified atom stereocenters. The predicted octanol–water partition coefficient (Wildman–Crippen LogP) is 2.59. The van der Waals surface area contributed by atoms with E-state index in [2.05, 4.69) is 9.88 Å². The van der Waals surface area contributed by atoms with Gasteiger partial charge in [0.2, 0.25) is 5.91 Å². The Labute approximate surface area is 147 Å². The number of carbonyl (C=O) groups is 1. The third-order valence-electron chi connectivity index (χ3n) is 3.60. The van der Waals surface area contributed by atoms with Crippen molar-refractivity contribution in [3.8, 4) is 0 Å². The molecule has 1 aromatic heterocycles. The number of rotatable bonds is 4. The second-order valence-electron chi connectivity index (χ2n) is 5.17. The number of amides is 1. The number of aromatic nitrogens is 1. The molecule has 1 aromatic rings. The second-order valence-corrected chi connectivity index (χ2v) is 6.01. The Bertz CT molecular complexity index is 507. The lowest BCUT2D eigenvalue weighted by Crippen LogP contribution is -2.53. The average Bonchev–Trinajstić information content (AvgIpc) is 2.47. The van der Waals surface area contributed by atoms with Gasteiger partial charge in [-0.2, -0.15) is 0 Å². The van der Waals surface area contributed by atoms with E-state index in [0.717, 1.165) is 12.8 Å². The van der Waals surface area contributed by atoms with E-state index in [1.54, 1.807) is 12.3 Å². The highest BCUT2D eigenvalue weighted by atomic mass is 35.5. The quantitative estimate of drug-likeness (QED) is 0.888. The first-order chi connectivity index (χ1) is 10.0. The molecule has 0 aromatic carbocycles. The standard InChI is InChI=1S/C14H20Cl2N4O.ClH/c1-2-3-12(17)14(21)20-6-4-19(5-7-20)13-11(16)8-10(15)9-18-13;/h8-9,12H,2-7,17H2,1H3;1H. The number of hydrogen-bond acceptors (Lipinski definition) is 4. The Morgan fingerprint density at radius 1 is 1.36 bits per heavy atom. The van der Waals surface area contributed by atoms with Crippen LogP contribution in [0, 0.1) is 0 Å². The van der Waals surface area contributed by atoms with Gasteiger partial charge >= 0.3 is 0 Å². The lowest BCUT2D eigenvalue weighted by atomic mass is 10.1. The summed E-state index contributed by atoms with van der Waals surface area (Å²) in [5, 5.41) is 1.05. The van der Waals surface area contributed by atoms with E-state index in [4.69, 9.17) is 28.9 Å². The molecule has 8 heteroatoms. The minimum atomic E-state index is -0.390. The molecule has 0 spiro atoms. The Morgan fingerprint density at radius 3 is 2.55 bits per heavy atom. The molecule has 1 aliphatic heterocycles. The topological polar surface area (TPSA) is 62.5 Å². The first-order valence-corrected chi connectivity index (χ1v) is 7.89. The molecule has 0 radical (unpaired) electrons. The molecular weight excluding hydrogens is 347 g/mol. The van der Waals surface area contributed by atoms with Crippen molar-refractivity contribution in [3.63, 3.8) is 0 Å². The van der Waals surface area contributed by atoms with Crippen LogP contribution in [0.1, 0.15) is 19.8 Å². The van der Waals surface area contributed by atoms with Crippen LogP contribution in [0.15, 0.2) is 12.3 Å². The van der Waals surface area contributed by atoms with Crippen molar-refractivity contribution in [3.05, 3.63) is 22.3 Å². The largest absolute Gasteiger partial charge is 0.352 e. The van der Waals surface area contributed by atoms with Gasteiger partial charge in [0.25, 0.3) is 0 Å². The molecule has 124 valence electrons. The van der Waals surface area contributed by atoms with Crippen molar-refractivity contribution in [1.82, 2.24) is 9.88 Å². The van der Waals surface area contributed by atoms with Crippen LogP contribution in [0.25, 0.3) is 0 Å². The number of hydrogen-bond donors (Lipinski definition) is 1. The van der Waals surface area contributed by atoms with Crippen molar-refractivity contribution in [1.29, 1.82) is 0 Å². The first-order valence-electron chi connectivity index (χ1n) is 7.13. The number of halogens is 3. The molecule has 2 N–H and O–H groups in total. The fraction of sp³-hybridized carbons (Fsp3) is 0.571. The van der Waals surface area contributed by atoms with Gasteiger partial charge in [0.1, 0.15) is 5.82 Å². The fourth-order valence-electron chi connectivity index (χ4n) is 2.45. The maximum Gasteiger partial charge on any atom is 0.239 e. The number of pyridine rings is 1. The third-order valence-corrected chi connectivity index (χ3v) is 4.08. The van der Waals surface area contributed by atoms with Crippen LogP contribution in [0.4, 0.5) is 5.82 Å². The Kier molecular flexibility index (Phi) is 7.69. The molecule has 1 fully saturated rings. The van der Waals surface area contributed by atoms with Gasteiger partial charge in [0.15, 0.2) is 0 Å². The molecule has 1 aliphatic rings. The maximum atomic E-state index is 12.2. The monoisotopic (exact) mass is 366 g/mol. The third kappa shape index (κ3) is 4.62. The van der Waals surface area contributed by atoms with Crippen molar-refractivity contribution in [2.24, 2.45) is 5.73 Å². The van der Waals surface area contributed by atoms with Gasteiger partial charge in [0, 0.05) is 32.4 Å². The molecule has 1 amide bonds. The molecule has 22 heavy (non-hydrogen) atoms. The van der Waals surface area contributed by atoms with E-state index in [1.165, 1.54) is 0 Å². The maximum absolute atomic E-state index is 12.2. The van der Waals surface area contributed by atoms with Crippen molar-refractivity contribution in [2.75, 3.05) is 31.1 Å². The Morgan fingerprint density at radius 2 is 2.00 bits per heavy atom. The highest BCUT2D eigenvalue weighted by Gasteiger charge is 2.26. The van der Waals surface area contributed by atoms with Gasteiger partial charge in [0.05, 0.1) is 16.1 Å². The lowest BCUT2D eigenvalue weighted by Gasteiger charge is -2.36. The zero-order chi connectivity index (χ0) is 15.4. The summed E-state index contributed by atoms with van der Waals surface area (Å²) in [4.78, 5) is 20.3. The average molecular weight is 368 g/mol. The van der Waals surface area contributed by atoms with Gasteiger partial charge in [-0.15, -0.1) is 12.4 Å². The van der Waals surface area contributed by atoms with Gasteiger partial charge in [-0.3, -0.25) is 4.79 Å². The zero-order valence-electron chi connectivity index (χ0n) is 12.5. The number of nitrogens with two attached hydrogens (primary N) is 1. The van der Waals surface area contributed by atoms with Gasteiger partial charge < -0.3 is 15.5 Å². The van der Waals surface area contributed by atoms with Crippen LogP contribution in [-0.2, 0) is 4.79 Å².